The molecule has 0 radical (unpaired) electrons. The maximum atomic E-state index is 11.7. The van der Waals surface area contributed by atoms with E-state index in [1.807, 2.05) is 67.6 Å². The molecule has 5 nitrogen and oxygen atoms in total. The number of hydrogen-bond donors (Lipinski definition) is 0. The van der Waals surface area contributed by atoms with Gasteiger partial charge in [-0.25, -0.2) is 0 Å². The van der Waals surface area contributed by atoms with Gasteiger partial charge < -0.3 is 18.9 Å². The van der Waals surface area contributed by atoms with Gasteiger partial charge in [-0.2, -0.15) is 0 Å². The third kappa shape index (κ3) is 8.90. The number of halogens is 1. The van der Waals surface area contributed by atoms with Crippen molar-refractivity contribution in [3.63, 3.8) is 0 Å². The summed E-state index contributed by atoms with van der Waals surface area (Å²) in [4.78, 5) is 11.7. The molecule has 0 amide bonds. The van der Waals surface area contributed by atoms with Crippen LogP contribution in [0.1, 0.15) is 49.8 Å². The van der Waals surface area contributed by atoms with Crippen LogP contribution in [0.5, 0.6) is 17.2 Å². The van der Waals surface area contributed by atoms with Gasteiger partial charge in [0.2, 0.25) is 0 Å². The second-order valence-electron chi connectivity index (χ2n) is 8.33. The molecule has 0 aliphatic heterocycles. The first-order valence-corrected chi connectivity index (χ1v) is 13.4. The summed E-state index contributed by atoms with van der Waals surface area (Å²) in [7, 11) is 0. The third-order valence-electron chi connectivity index (χ3n) is 5.66. The Morgan fingerprint density at radius 3 is 2.19 bits per heavy atom. The van der Waals surface area contributed by atoms with Gasteiger partial charge >= 0.3 is 5.97 Å². The zero-order valence-electron chi connectivity index (χ0n) is 21.1. The fourth-order valence-electron chi connectivity index (χ4n) is 3.72. The van der Waals surface area contributed by atoms with Crippen LogP contribution in [0.2, 0.25) is 0 Å². The van der Waals surface area contributed by atoms with Crippen LogP contribution in [0, 0.1) is 0 Å². The molecule has 3 rings (SSSR count). The summed E-state index contributed by atoms with van der Waals surface area (Å²) in [5, 5.41) is 0. The van der Waals surface area contributed by atoms with E-state index in [0.717, 1.165) is 57.7 Å². The van der Waals surface area contributed by atoms with E-state index >= 15 is 0 Å². The van der Waals surface area contributed by atoms with E-state index in [0.29, 0.717) is 39.3 Å². The summed E-state index contributed by atoms with van der Waals surface area (Å²) >= 11 is 3.63. The number of esters is 1. The van der Waals surface area contributed by atoms with Crippen molar-refractivity contribution in [2.45, 2.75) is 52.6 Å². The molecule has 0 aliphatic carbocycles. The zero-order chi connectivity index (χ0) is 25.6. The number of rotatable bonds is 15. The highest BCUT2D eigenvalue weighted by atomic mass is 79.9. The second-order valence-corrected chi connectivity index (χ2v) is 9.19. The highest BCUT2D eigenvalue weighted by Crippen LogP contribution is 2.34. The molecule has 3 aromatic rings. The van der Waals surface area contributed by atoms with Gasteiger partial charge in [-0.3, -0.25) is 4.79 Å². The van der Waals surface area contributed by atoms with Crippen LogP contribution in [0.25, 0.3) is 0 Å². The molecule has 0 saturated carbocycles. The molecule has 0 unspecified atom stereocenters. The van der Waals surface area contributed by atoms with Crippen molar-refractivity contribution in [1.82, 2.24) is 0 Å². The maximum Gasteiger partial charge on any atom is 0.306 e. The van der Waals surface area contributed by atoms with Crippen LogP contribution in [-0.4, -0.2) is 25.8 Å². The Bertz CT molecular complexity index is 1080. The van der Waals surface area contributed by atoms with E-state index in [1.165, 1.54) is 0 Å². The lowest BCUT2D eigenvalue weighted by atomic mass is 10.1. The topological polar surface area (TPSA) is 54.0 Å². The van der Waals surface area contributed by atoms with E-state index in [1.54, 1.807) is 0 Å². The molecule has 0 atom stereocenters. The number of aryl methyl sites for hydroxylation is 2. The standard InChI is InChI=1S/C30H35BrO5/c1-3-24-20-26(31)29(36-22-23-12-6-5-7-13-23)21-28(24)35-19-11-10-18-34-27-15-9-8-14-25(27)16-17-30(32)33-4-2/h5-9,12-15,20-21H,3-4,10-11,16-19,22H2,1-2H3. The van der Waals surface area contributed by atoms with Gasteiger partial charge in [0.15, 0.2) is 0 Å². The minimum absolute atomic E-state index is 0.183. The first kappa shape index (κ1) is 27.6. The van der Waals surface area contributed by atoms with Gasteiger partial charge in [-0.05, 0) is 77.4 Å². The molecule has 0 spiro atoms. The van der Waals surface area contributed by atoms with Gasteiger partial charge in [0.1, 0.15) is 23.9 Å². The minimum Gasteiger partial charge on any atom is -0.493 e. The monoisotopic (exact) mass is 554 g/mol. The average Bonchev–Trinajstić information content (AvgIpc) is 2.90. The molecule has 0 saturated heterocycles. The first-order valence-electron chi connectivity index (χ1n) is 12.6. The molecule has 6 heteroatoms. The lowest BCUT2D eigenvalue weighted by Crippen LogP contribution is -2.07. The van der Waals surface area contributed by atoms with E-state index in [9.17, 15) is 4.79 Å². The Morgan fingerprint density at radius 2 is 1.47 bits per heavy atom. The normalized spacial score (nSPS) is 10.6. The number of carbonyl (C=O) groups excluding carboxylic acids is 1. The third-order valence-corrected chi connectivity index (χ3v) is 6.28. The van der Waals surface area contributed by atoms with Crippen LogP contribution in [-0.2, 0) is 29.0 Å². The Balaban J connectivity index is 1.45. The molecule has 0 aliphatic rings. The van der Waals surface area contributed by atoms with Crippen molar-refractivity contribution >= 4 is 21.9 Å². The predicted octanol–water partition coefficient (Wildman–Crippen LogP) is 7.32. The molecule has 0 heterocycles. The van der Waals surface area contributed by atoms with Crippen molar-refractivity contribution in [3.8, 4) is 17.2 Å². The fraction of sp³-hybridized carbons (Fsp3) is 0.367. The van der Waals surface area contributed by atoms with Gasteiger partial charge in [0.25, 0.3) is 0 Å². The molecular formula is C30H35BrO5. The molecule has 0 fully saturated rings. The van der Waals surface area contributed by atoms with Crippen molar-refractivity contribution in [2.75, 3.05) is 19.8 Å². The number of ether oxygens (including phenoxy) is 4. The number of hydrogen-bond acceptors (Lipinski definition) is 5. The van der Waals surface area contributed by atoms with Crippen molar-refractivity contribution in [2.24, 2.45) is 0 Å². The average molecular weight is 556 g/mol. The smallest absolute Gasteiger partial charge is 0.306 e. The number of benzene rings is 3. The number of carbonyl (C=O) groups is 1. The Kier molecular flexibility index (Phi) is 11.6. The summed E-state index contributed by atoms with van der Waals surface area (Å²) in [5.74, 6) is 2.27. The van der Waals surface area contributed by atoms with Crippen LogP contribution in [0.4, 0.5) is 0 Å². The zero-order valence-corrected chi connectivity index (χ0v) is 22.7. The van der Waals surface area contributed by atoms with Crippen LogP contribution < -0.4 is 14.2 Å². The summed E-state index contributed by atoms with van der Waals surface area (Å²) in [6.07, 6.45) is 3.56. The highest BCUT2D eigenvalue weighted by molar-refractivity contribution is 9.10. The van der Waals surface area contributed by atoms with Gasteiger partial charge in [0, 0.05) is 12.5 Å². The van der Waals surface area contributed by atoms with Crippen LogP contribution >= 0.6 is 15.9 Å². The Hall–Kier alpha value is -2.99. The quantitative estimate of drug-likeness (QED) is 0.145. The molecule has 36 heavy (non-hydrogen) atoms. The molecule has 0 bridgehead atoms. The van der Waals surface area contributed by atoms with Crippen molar-refractivity contribution in [1.29, 1.82) is 0 Å². The summed E-state index contributed by atoms with van der Waals surface area (Å²) < 4.78 is 24.1. The largest absolute Gasteiger partial charge is 0.493 e. The summed E-state index contributed by atoms with van der Waals surface area (Å²) in [6.45, 7) is 6.03. The van der Waals surface area contributed by atoms with Crippen molar-refractivity contribution < 1.29 is 23.7 Å². The second kappa shape index (κ2) is 15.2. The first-order chi connectivity index (χ1) is 17.6. The maximum absolute atomic E-state index is 11.7. The van der Waals surface area contributed by atoms with Gasteiger partial charge in [0.05, 0.1) is 24.3 Å². The summed E-state index contributed by atoms with van der Waals surface area (Å²) in [6, 6.07) is 22.0. The molecular weight excluding hydrogens is 520 g/mol. The van der Waals surface area contributed by atoms with Crippen LogP contribution in [0.3, 0.4) is 0 Å². The fourth-order valence-corrected chi connectivity index (χ4v) is 4.23. The Morgan fingerprint density at radius 1 is 0.778 bits per heavy atom. The van der Waals surface area contributed by atoms with E-state index in [4.69, 9.17) is 18.9 Å². The van der Waals surface area contributed by atoms with Gasteiger partial charge in [-0.1, -0.05) is 55.5 Å². The summed E-state index contributed by atoms with van der Waals surface area (Å²) in [5.41, 5.74) is 3.28. The number of para-hydroxylation sites is 1. The lowest BCUT2D eigenvalue weighted by Gasteiger charge is -2.15. The SMILES string of the molecule is CCOC(=O)CCc1ccccc1OCCCCOc1cc(OCc2ccccc2)c(Br)cc1CC. The molecule has 3 aromatic carbocycles. The van der Waals surface area contributed by atoms with Crippen molar-refractivity contribution in [3.05, 3.63) is 87.9 Å². The Labute approximate surface area is 222 Å². The van der Waals surface area contributed by atoms with Gasteiger partial charge in [-0.15, -0.1) is 0 Å². The number of unbranched alkanes of at least 4 members (excludes halogenated alkanes) is 1. The van der Waals surface area contributed by atoms with E-state index in [2.05, 4.69) is 28.9 Å². The highest BCUT2D eigenvalue weighted by Gasteiger charge is 2.11. The van der Waals surface area contributed by atoms with E-state index in [-0.39, 0.29) is 5.97 Å². The van der Waals surface area contributed by atoms with Crippen LogP contribution in [0.15, 0.2) is 71.2 Å². The van der Waals surface area contributed by atoms with E-state index < -0.39 is 0 Å². The predicted molar refractivity (Wildman–Crippen MR) is 146 cm³/mol. The molecule has 192 valence electrons. The molecule has 0 aromatic heterocycles. The minimum atomic E-state index is -0.183. The lowest BCUT2D eigenvalue weighted by molar-refractivity contribution is -0.143. The molecule has 0 N–H and O–H groups in total.